The highest BCUT2D eigenvalue weighted by molar-refractivity contribution is 8.00. The Morgan fingerprint density at radius 1 is 1.36 bits per heavy atom. The number of hydrogen-bond donors (Lipinski definition) is 0. The molecule has 0 spiro atoms. The molecule has 1 aliphatic rings. The molecule has 2 aromatic heterocycles. The lowest BCUT2D eigenvalue weighted by atomic mass is 10.2. The summed E-state index contributed by atoms with van der Waals surface area (Å²) in [6, 6.07) is 2.45. The standard InChI is InChI=1S/C15H20N4OS2/c1-10-8-21-15(16-10)22-9-13-6-14(18-12(3)17-13)19-4-5-20-7-11(19)2/h6,8,11H,4-5,7,9H2,1-3H3/t11-/m0/s1. The predicted molar refractivity (Wildman–Crippen MR) is 90.8 cm³/mol. The van der Waals surface area contributed by atoms with E-state index in [2.05, 4.69) is 38.2 Å². The fraction of sp³-hybridized carbons (Fsp3) is 0.533. The fourth-order valence-electron chi connectivity index (χ4n) is 2.44. The molecule has 5 nitrogen and oxygen atoms in total. The Bertz CT molecular complexity index is 646. The maximum Gasteiger partial charge on any atom is 0.150 e. The van der Waals surface area contributed by atoms with Gasteiger partial charge in [0.15, 0.2) is 0 Å². The number of anilines is 1. The highest BCUT2D eigenvalue weighted by Crippen LogP contribution is 2.27. The minimum absolute atomic E-state index is 0.352. The number of thioether (sulfide) groups is 1. The highest BCUT2D eigenvalue weighted by atomic mass is 32.2. The highest BCUT2D eigenvalue weighted by Gasteiger charge is 2.21. The van der Waals surface area contributed by atoms with Crippen molar-refractivity contribution in [2.75, 3.05) is 24.7 Å². The van der Waals surface area contributed by atoms with Crippen molar-refractivity contribution in [2.24, 2.45) is 0 Å². The summed E-state index contributed by atoms with van der Waals surface area (Å²) in [5, 5.41) is 2.08. The average Bonchev–Trinajstić information content (AvgIpc) is 2.91. The van der Waals surface area contributed by atoms with Gasteiger partial charge in [0.05, 0.1) is 24.9 Å². The van der Waals surface area contributed by atoms with Crippen LogP contribution in [-0.4, -0.2) is 40.8 Å². The molecule has 0 aliphatic carbocycles. The Morgan fingerprint density at radius 2 is 2.23 bits per heavy atom. The van der Waals surface area contributed by atoms with Gasteiger partial charge in [-0.3, -0.25) is 0 Å². The van der Waals surface area contributed by atoms with Crippen molar-refractivity contribution < 1.29 is 4.74 Å². The van der Waals surface area contributed by atoms with Crippen LogP contribution in [-0.2, 0) is 10.5 Å². The number of aromatic nitrogens is 3. The molecule has 3 rings (SSSR count). The zero-order valence-electron chi connectivity index (χ0n) is 13.1. The van der Waals surface area contributed by atoms with Crippen molar-refractivity contribution in [2.45, 2.75) is 36.9 Å². The molecule has 1 aliphatic heterocycles. The molecule has 1 fully saturated rings. The third-order valence-electron chi connectivity index (χ3n) is 3.48. The van der Waals surface area contributed by atoms with E-state index < -0.39 is 0 Å². The molecule has 3 heterocycles. The number of nitrogens with zero attached hydrogens (tertiary/aromatic N) is 4. The molecule has 2 aromatic rings. The summed E-state index contributed by atoms with van der Waals surface area (Å²) in [4.78, 5) is 16.0. The lowest BCUT2D eigenvalue weighted by Crippen LogP contribution is -2.44. The van der Waals surface area contributed by atoms with E-state index in [0.29, 0.717) is 6.04 Å². The molecule has 0 amide bonds. The quantitative estimate of drug-likeness (QED) is 0.800. The molecule has 118 valence electrons. The van der Waals surface area contributed by atoms with Crippen LogP contribution in [0.5, 0.6) is 0 Å². The molecule has 0 unspecified atom stereocenters. The molecular weight excluding hydrogens is 316 g/mol. The molecule has 0 bridgehead atoms. The average molecular weight is 336 g/mol. The zero-order chi connectivity index (χ0) is 15.5. The van der Waals surface area contributed by atoms with E-state index >= 15 is 0 Å². The maximum atomic E-state index is 5.51. The normalized spacial score (nSPS) is 18.7. The van der Waals surface area contributed by atoms with E-state index in [1.807, 2.05) is 13.8 Å². The van der Waals surface area contributed by atoms with Gasteiger partial charge < -0.3 is 9.64 Å². The summed E-state index contributed by atoms with van der Waals surface area (Å²) in [6.45, 7) is 8.55. The largest absolute Gasteiger partial charge is 0.377 e. The molecule has 1 atom stereocenters. The van der Waals surface area contributed by atoms with Crippen LogP contribution in [0, 0.1) is 13.8 Å². The first-order valence-electron chi connectivity index (χ1n) is 7.35. The minimum atomic E-state index is 0.352. The Morgan fingerprint density at radius 3 is 2.95 bits per heavy atom. The molecule has 0 aromatic carbocycles. The summed E-state index contributed by atoms with van der Waals surface area (Å²) >= 11 is 3.42. The van der Waals surface area contributed by atoms with Crippen LogP contribution in [0.3, 0.4) is 0 Å². The number of hydrogen-bond acceptors (Lipinski definition) is 7. The molecular formula is C15H20N4OS2. The van der Waals surface area contributed by atoms with Gasteiger partial charge >= 0.3 is 0 Å². The second-order valence-corrected chi connectivity index (χ2v) is 7.51. The molecule has 22 heavy (non-hydrogen) atoms. The van der Waals surface area contributed by atoms with Crippen LogP contribution in [0.15, 0.2) is 15.8 Å². The molecule has 7 heteroatoms. The fourth-order valence-corrected chi connectivity index (χ4v) is 4.18. The van der Waals surface area contributed by atoms with Crippen molar-refractivity contribution in [1.82, 2.24) is 15.0 Å². The number of ether oxygens (including phenoxy) is 1. The maximum absolute atomic E-state index is 5.51. The van der Waals surface area contributed by atoms with Gasteiger partial charge in [-0.1, -0.05) is 11.8 Å². The van der Waals surface area contributed by atoms with Crippen molar-refractivity contribution in [3.8, 4) is 0 Å². The van der Waals surface area contributed by atoms with Gasteiger partial charge in [-0.15, -0.1) is 11.3 Å². The van der Waals surface area contributed by atoms with E-state index in [-0.39, 0.29) is 0 Å². The SMILES string of the molecule is Cc1csc(SCc2cc(N3CCOC[C@@H]3C)nc(C)n2)n1. The van der Waals surface area contributed by atoms with Gasteiger partial charge in [-0.05, 0) is 20.8 Å². The first kappa shape index (κ1) is 15.7. The van der Waals surface area contributed by atoms with Crippen LogP contribution < -0.4 is 4.90 Å². The second kappa shape index (κ2) is 6.93. The van der Waals surface area contributed by atoms with E-state index in [0.717, 1.165) is 52.9 Å². The summed E-state index contributed by atoms with van der Waals surface area (Å²) in [7, 11) is 0. The van der Waals surface area contributed by atoms with Crippen LogP contribution in [0.2, 0.25) is 0 Å². The first-order chi connectivity index (χ1) is 10.6. The summed E-state index contributed by atoms with van der Waals surface area (Å²) < 4.78 is 6.60. The third-order valence-corrected chi connectivity index (χ3v) is 5.65. The summed E-state index contributed by atoms with van der Waals surface area (Å²) in [6.07, 6.45) is 0. The van der Waals surface area contributed by atoms with E-state index in [9.17, 15) is 0 Å². The summed E-state index contributed by atoms with van der Waals surface area (Å²) in [5.74, 6) is 2.65. The van der Waals surface area contributed by atoms with Crippen LogP contribution in [0.1, 0.15) is 24.1 Å². The second-order valence-electron chi connectivity index (χ2n) is 5.43. The van der Waals surface area contributed by atoms with Crippen LogP contribution in [0.4, 0.5) is 5.82 Å². The van der Waals surface area contributed by atoms with Crippen molar-refractivity contribution >= 4 is 28.9 Å². The molecule has 0 radical (unpaired) electrons. The van der Waals surface area contributed by atoms with E-state index in [4.69, 9.17) is 4.74 Å². The Labute approximate surface area is 139 Å². The first-order valence-corrected chi connectivity index (χ1v) is 9.22. The number of morpholine rings is 1. The van der Waals surface area contributed by atoms with Crippen LogP contribution >= 0.6 is 23.1 Å². The van der Waals surface area contributed by atoms with Gasteiger partial charge in [-0.2, -0.15) is 0 Å². The van der Waals surface area contributed by atoms with E-state index in [1.54, 1.807) is 23.1 Å². The molecule has 1 saturated heterocycles. The predicted octanol–water partition coefficient (Wildman–Crippen LogP) is 3.07. The zero-order valence-corrected chi connectivity index (χ0v) is 14.7. The topological polar surface area (TPSA) is 51.1 Å². The van der Waals surface area contributed by atoms with Gasteiger partial charge in [0.1, 0.15) is 16.0 Å². The molecule has 0 N–H and O–H groups in total. The Hall–Kier alpha value is -1.18. The number of aryl methyl sites for hydroxylation is 2. The number of thiazole rings is 1. The van der Waals surface area contributed by atoms with Crippen molar-refractivity contribution in [3.63, 3.8) is 0 Å². The number of rotatable bonds is 4. The van der Waals surface area contributed by atoms with Crippen molar-refractivity contribution in [1.29, 1.82) is 0 Å². The lowest BCUT2D eigenvalue weighted by molar-refractivity contribution is 0.0985. The van der Waals surface area contributed by atoms with E-state index in [1.165, 1.54) is 0 Å². The third kappa shape index (κ3) is 3.77. The van der Waals surface area contributed by atoms with Gasteiger partial charge in [0.25, 0.3) is 0 Å². The lowest BCUT2D eigenvalue weighted by Gasteiger charge is -2.34. The minimum Gasteiger partial charge on any atom is -0.377 e. The van der Waals surface area contributed by atoms with Crippen molar-refractivity contribution in [3.05, 3.63) is 28.7 Å². The van der Waals surface area contributed by atoms with Gasteiger partial charge in [0, 0.05) is 29.4 Å². The smallest absolute Gasteiger partial charge is 0.150 e. The monoisotopic (exact) mass is 336 g/mol. The van der Waals surface area contributed by atoms with Crippen LogP contribution in [0.25, 0.3) is 0 Å². The Kier molecular flexibility index (Phi) is 4.95. The Balaban J connectivity index is 1.74. The van der Waals surface area contributed by atoms with Gasteiger partial charge in [-0.25, -0.2) is 15.0 Å². The summed E-state index contributed by atoms with van der Waals surface area (Å²) in [5.41, 5.74) is 2.13. The van der Waals surface area contributed by atoms with Gasteiger partial charge in [0.2, 0.25) is 0 Å². The molecule has 0 saturated carbocycles.